The van der Waals surface area contributed by atoms with Gasteiger partial charge in [-0.25, -0.2) is 4.79 Å². The molecule has 5 nitrogen and oxygen atoms in total. The van der Waals surface area contributed by atoms with Crippen molar-refractivity contribution < 1.29 is 9.53 Å². The monoisotopic (exact) mass is 285 g/mol. The molecule has 2 rings (SSSR count). The lowest BCUT2D eigenvalue weighted by molar-refractivity contribution is 0.262. The molecule has 0 spiro atoms. The topological polar surface area (TPSA) is 53.6 Å². The van der Waals surface area contributed by atoms with Gasteiger partial charge >= 0.3 is 6.03 Å². The van der Waals surface area contributed by atoms with Gasteiger partial charge in [-0.05, 0) is 36.4 Å². The maximum absolute atomic E-state index is 11.9. The molecule has 2 aromatic carbocycles. The molecule has 0 aliphatic rings. The minimum Gasteiger partial charge on any atom is -0.497 e. The summed E-state index contributed by atoms with van der Waals surface area (Å²) in [5.74, 6) is 0.697. The molecule has 0 radical (unpaired) electrons. The summed E-state index contributed by atoms with van der Waals surface area (Å²) in [6, 6.07) is 14.5. The van der Waals surface area contributed by atoms with Gasteiger partial charge in [-0.2, -0.15) is 0 Å². The fraction of sp³-hybridized carbons (Fsp3) is 0.188. The third-order valence-corrected chi connectivity index (χ3v) is 2.97. The molecule has 2 N–H and O–H groups in total. The van der Waals surface area contributed by atoms with E-state index in [1.165, 1.54) is 0 Å². The van der Waals surface area contributed by atoms with E-state index < -0.39 is 0 Å². The summed E-state index contributed by atoms with van der Waals surface area (Å²) in [5.41, 5.74) is 2.49. The molecule has 0 bridgehead atoms. The Hall–Kier alpha value is -2.69. The molecule has 0 heterocycles. The quantitative estimate of drug-likeness (QED) is 0.905. The Bertz CT molecular complexity index is 609. The van der Waals surface area contributed by atoms with Gasteiger partial charge in [-0.1, -0.05) is 6.07 Å². The first kappa shape index (κ1) is 14.7. The Balaban J connectivity index is 1.97. The van der Waals surface area contributed by atoms with Gasteiger partial charge in [0.2, 0.25) is 0 Å². The first-order valence-corrected chi connectivity index (χ1v) is 6.58. The zero-order valence-corrected chi connectivity index (χ0v) is 12.4. The van der Waals surface area contributed by atoms with Crippen molar-refractivity contribution >= 4 is 23.1 Å². The molecule has 0 aliphatic heterocycles. The van der Waals surface area contributed by atoms with E-state index in [2.05, 4.69) is 10.6 Å². The predicted octanol–water partition coefficient (Wildman–Crippen LogP) is 3.41. The summed E-state index contributed by atoms with van der Waals surface area (Å²) in [5, 5.41) is 5.55. The smallest absolute Gasteiger partial charge is 0.323 e. The molecule has 21 heavy (non-hydrogen) atoms. The number of hydrogen-bond acceptors (Lipinski definition) is 3. The molecule has 0 saturated heterocycles. The molecule has 0 fully saturated rings. The zero-order valence-electron chi connectivity index (χ0n) is 12.4. The normalized spacial score (nSPS) is 9.86. The Kier molecular flexibility index (Phi) is 4.66. The number of carbonyl (C=O) groups excluding carboxylic acids is 1. The summed E-state index contributed by atoms with van der Waals surface area (Å²) in [6.07, 6.45) is 0. The van der Waals surface area contributed by atoms with Gasteiger partial charge in [-0.15, -0.1) is 0 Å². The number of urea groups is 1. The van der Waals surface area contributed by atoms with Crippen molar-refractivity contribution in [2.75, 3.05) is 36.7 Å². The average Bonchev–Trinajstić information content (AvgIpc) is 2.47. The lowest BCUT2D eigenvalue weighted by Gasteiger charge is -2.13. The van der Waals surface area contributed by atoms with Crippen LogP contribution >= 0.6 is 0 Å². The van der Waals surface area contributed by atoms with Gasteiger partial charge in [-0.3, -0.25) is 0 Å². The van der Waals surface area contributed by atoms with E-state index in [4.69, 9.17) is 4.74 Å². The van der Waals surface area contributed by atoms with Gasteiger partial charge in [0.25, 0.3) is 0 Å². The Labute approximate surface area is 124 Å². The lowest BCUT2D eigenvalue weighted by atomic mass is 10.2. The van der Waals surface area contributed by atoms with E-state index >= 15 is 0 Å². The SMILES string of the molecule is COc1cccc(NC(=O)Nc2ccc(N(C)C)cc2)c1. The number of methoxy groups -OCH3 is 1. The number of anilines is 3. The number of rotatable bonds is 4. The summed E-state index contributed by atoms with van der Waals surface area (Å²) < 4.78 is 5.11. The number of benzene rings is 2. The van der Waals surface area contributed by atoms with Crippen LogP contribution in [0.5, 0.6) is 5.75 Å². The second-order valence-electron chi connectivity index (χ2n) is 4.75. The van der Waals surface area contributed by atoms with E-state index in [1.54, 1.807) is 19.2 Å². The number of carbonyl (C=O) groups is 1. The van der Waals surface area contributed by atoms with Crippen molar-refractivity contribution in [2.24, 2.45) is 0 Å². The fourth-order valence-corrected chi connectivity index (χ4v) is 1.84. The van der Waals surface area contributed by atoms with Gasteiger partial charge in [0, 0.05) is 37.2 Å². The Morgan fingerprint density at radius 2 is 1.67 bits per heavy atom. The average molecular weight is 285 g/mol. The van der Waals surface area contributed by atoms with Crippen LogP contribution in [0.2, 0.25) is 0 Å². The standard InChI is InChI=1S/C16H19N3O2/c1-19(2)14-9-7-12(8-10-14)17-16(20)18-13-5-4-6-15(11-13)21-3/h4-11H,1-3H3,(H2,17,18,20). The highest BCUT2D eigenvalue weighted by molar-refractivity contribution is 5.99. The predicted molar refractivity (Wildman–Crippen MR) is 86.4 cm³/mol. The highest BCUT2D eigenvalue weighted by Crippen LogP contribution is 2.18. The molecular weight excluding hydrogens is 266 g/mol. The molecule has 5 heteroatoms. The van der Waals surface area contributed by atoms with Gasteiger partial charge in [0.05, 0.1) is 7.11 Å². The van der Waals surface area contributed by atoms with Gasteiger partial charge < -0.3 is 20.3 Å². The molecule has 2 aromatic rings. The van der Waals surface area contributed by atoms with Crippen molar-refractivity contribution in [3.8, 4) is 5.75 Å². The zero-order chi connectivity index (χ0) is 15.2. The third kappa shape index (κ3) is 4.14. The molecule has 0 aromatic heterocycles. The molecule has 0 unspecified atom stereocenters. The number of nitrogens with zero attached hydrogens (tertiary/aromatic N) is 1. The van der Waals surface area contributed by atoms with Crippen LogP contribution in [-0.4, -0.2) is 27.2 Å². The third-order valence-electron chi connectivity index (χ3n) is 2.97. The maximum Gasteiger partial charge on any atom is 0.323 e. The summed E-state index contributed by atoms with van der Waals surface area (Å²) in [7, 11) is 5.53. The van der Waals surface area contributed by atoms with Crippen LogP contribution in [0, 0.1) is 0 Å². The molecule has 110 valence electrons. The largest absolute Gasteiger partial charge is 0.497 e. The Morgan fingerprint density at radius 1 is 1.00 bits per heavy atom. The van der Waals surface area contributed by atoms with E-state index in [-0.39, 0.29) is 6.03 Å². The highest BCUT2D eigenvalue weighted by Gasteiger charge is 2.04. The van der Waals surface area contributed by atoms with Crippen molar-refractivity contribution in [1.82, 2.24) is 0 Å². The summed E-state index contributed by atoms with van der Waals surface area (Å²) in [4.78, 5) is 13.9. The van der Waals surface area contributed by atoms with Crippen molar-refractivity contribution in [2.45, 2.75) is 0 Å². The molecular formula is C16H19N3O2. The Morgan fingerprint density at radius 3 is 2.29 bits per heavy atom. The maximum atomic E-state index is 11.9. The van der Waals surface area contributed by atoms with Crippen LogP contribution < -0.4 is 20.3 Å². The van der Waals surface area contributed by atoms with Crippen LogP contribution in [0.25, 0.3) is 0 Å². The number of hydrogen-bond donors (Lipinski definition) is 2. The van der Waals surface area contributed by atoms with Crippen molar-refractivity contribution in [3.05, 3.63) is 48.5 Å². The van der Waals surface area contributed by atoms with Crippen LogP contribution in [0.1, 0.15) is 0 Å². The summed E-state index contributed by atoms with van der Waals surface area (Å²) in [6.45, 7) is 0. The van der Waals surface area contributed by atoms with Gasteiger partial charge in [0.15, 0.2) is 0 Å². The van der Waals surface area contributed by atoms with E-state index in [9.17, 15) is 4.79 Å². The minimum atomic E-state index is -0.291. The number of amides is 2. The van der Waals surface area contributed by atoms with Crippen LogP contribution in [-0.2, 0) is 0 Å². The summed E-state index contributed by atoms with van der Waals surface area (Å²) >= 11 is 0. The van der Waals surface area contributed by atoms with Crippen molar-refractivity contribution in [3.63, 3.8) is 0 Å². The fourth-order valence-electron chi connectivity index (χ4n) is 1.84. The second-order valence-corrected chi connectivity index (χ2v) is 4.75. The lowest BCUT2D eigenvalue weighted by Crippen LogP contribution is -2.19. The molecule has 0 atom stereocenters. The van der Waals surface area contributed by atoms with Crippen LogP contribution in [0.3, 0.4) is 0 Å². The van der Waals surface area contributed by atoms with Crippen LogP contribution in [0.15, 0.2) is 48.5 Å². The van der Waals surface area contributed by atoms with Crippen molar-refractivity contribution in [1.29, 1.82) is 0 Å². The first-order valence-electron chi connectivity index (χ1n) is 6.58. The van der Waals surface area contributed by atoms with E-state index in [0.29, 0.717) is 11.4 Å². The first-order chi connectivity index (χ1) is 10.1. The molecule has 0 saturated carbocycles. The van der Waals surface area contributed by atoms with Gasteiger partial charge in [0.1, 0.15) is 5.75 Å². The van der Waals surface area contributed by atoms with Crippen LogP contribution in [0.4, 0.5) is 21.9 Å². The second kappa shape index (κ2) is 6.65. The number of nitrogens with one attached hydrogen (secondary N) is 2. The minimum absolute atomic E-state index is 0.291. The highest BCUT2D eigenvalue weighted by atomic mass is 16.5. The molecule has 0 aliphatic carbocycles. The van der Waals surface area contributed by atoms with E-state index in [1.807, 2.05) is 55.4 Å². The molecule has 2 amide bonds. The van der Waals surface area contributed by atoms with E-state index in [0.717, 1.165) is 11.4 Å². The number of ether oxygens (including phenoxy) is 1.